The number of rotatable bonds is 4. The molecule has 1 saturated heterocycles. The van der Waals surface area contributed by atoms with E-state index in [0.29, 0.717) is 5.56 Å². The minimum atomic E-state index is -1.32. The van der Waals surface area contributed by atoms with Crippen molar-refractivity contribution < 1.29 is 27.4 Å². The molecule has 1 heterocycles. The van der Waals surface area contributed by atoms with Crippen molar-refractivity contribution in [2.75, 3.05) is 25.6 Å². The lowest BCUT2D eigenvalue weighted by Crippen LogP contribution is -2.21. The first kappa shape index (κ1) is 18.2. The van der Waals surface area contributed by atoms with Crippen LogP contribution in [0.4, 0.5) is 24.5 Å². The lowest BCUT2D eigenvalue weighted by Gasteiger charge is -2.18. The lowest BCUT2D eigenvalue weighted by atomic mass is 10.0. The first-order valence-electron chi connectivity index (χ1n) is 7.92. The van der Waals surface area contributed by atoms with E-state index in [4.69, 9.17) is 9.47 Å². The highest BCUT2D eigenvalue weighted by Crippen LogP contribution is 2.34. The van der Waals surface area contributed by atoms with Crippen molar-refractivity contribution >= 4 is 17.3 Å². The Kier molecular flexibility index (Phi) is 5.15. The van der Waals surface area contributed by atoms with Gasteiger partial charge in [-0.2, -0.15) is 0 Å². The predicted octanol–water partition coefficient (Wildman–Crippen LogP) is 3.56. The Morgan fingerprint density at radius 2 is 1.81 bits per heavy atom. The minimum Gasteiger partial charge on any atom is -0.355 e. The van der Waals surface area contributed by atoms with Gasteiger partial charge in [0.25, 0.3) is 5.91 Å². The molecule has 0 aliphatic carbocycles. The van der Waals surface area contributed by atoms with Crippen LogP contribution in [0.15, 0.2) is 24.3 Å². The second-order valence-electron chi connectivity index (χ2n) is 5.78. The molecule has 1 aliphatic heterocycles. The SMILES string of the molecule is CNC(=O)c1cc(C2OCCO2)c(F)c(F)c1Nc1ccc(C)cc1F. The topological polar surface area (TPSA) is 59.6 Å². The smallest absolute Gasteiger partial charge is 0.253 e. The first-order chi connectivity index (χ1) is 12.4. The highest BCUT2D eigenvalue weighted by molar-refractivity contribution is 6.00. The van der Waals surface area contributed by atoms with E-state index in [9.17, 15) is 18.0 Å². The number of aryl methyl sites for hydroxylation is 1. The second kappa shape index (κ2) is 7.35. The summed E-state index contributed by atoms with van der Waals surface area (Å²) < 4.78 is 53.7. The Hall–Kier alpha value is -2.58. The van der Waals surface area contributed by atoms with Crippen LogP contribution in [0.2, 0.25) is 0 Å². The third-order valence-corrected chi connectivity index (χ3v) is 3.97. The molecule has 138 valence electrons. The molecule has 2 N–H and O–H groups in total. The molecule has 2 aromatic rings. The van der Waals surface area contributed by atoms with Crippen LogP contribution in [0.25, 0.3) is 0 Å². The molecule has 26 heavy (non-hydrogen) atoms. The van der Waals surface area contributed by atoms with E-state index in [-0.39, 0.29) is 30.0 Å². The van der Waals surface area contributed by atoms with Crippen LogP contribution in [0.1, 0.15) is 27.8 Å². The maximum Gasteiger partial charge on any atom is 0.253 e. The molecule has 1 amide bonds. The van der Waals surface area contributed by atoms with Crippen molar-refractivity contribution in [2.24, 2.45) is 0 Å². The van der Waals surface area contributed by atoms with E-state index in [1.807, 2.05) is 0 Å². The number of nitrogens with one attached hydrogen (secondary N) is 2. The van der Waals surface area contributed by atoms with Gasteiger partial charge in [-0.05, 0) is 30.7 Å². The maximum absolute atomic E-state index is 14.7. The number of ether oxygens (including phenoxy) is 2. The molecule has 0 atom stereocenters. The summed E-state index contributed by atoms with van der Waals surface area (Å²) in [7, 11) is 1.35. The molecule has 0 spiro atoms. The van der Waals surface area contributed by atoms with Gasteiger partial charge in [-0.15, -0.1) is 0 Å². The Labute approximate surface area is 148 Å². The summed E-state index contributed by atoms with van der Waals surface area (Å²) in [6.45, 7) is 2.16. The summed E-state index contributed by atoms with van der Waals surface area (Å²) in [5, 5.41) is 4.83. The predicted molar refractivity (Wildman–Crippen MR) is 88.8 cm³/mol. The van der Waals surface area contributed by atoms with Gasteiger partial charge in [-0.1, -0.05) is 6.07 Å². The minimum absolute atomic E-state index is 0.0832. The zero-order chi connectivity index (χ0) is 18.8. The van der Waals surface area contributed by atoms with Gasteiger partial charge in [0.2, 0.25) is 0 Å². The van der Waals surface area contributed by atoms with Crippen molar-refractivity contribution in [1.29, 1.82) is 0 Å². The molecular formula is C18H17F3N2O3. The standard InChI is InChI=1S/C18H17F3N2O3/c1-9-3-4-13(12(19)7-9)23-16-11(17(24)22-2)8-10(14(20)15(16)21)18-25-5-6-26-18/h3-4,7-8,18,23H,5-6H2,1-2H3,(H,22,24). The van der Waals surface area contributed by atoms with Gasteiger partial charge in [0.1, 0.15) is 5.82 Å². The monoisotopic (exact) mass is 366 g/mol. The molecule has 0 unspecified atom stereocenters. The Morgan fingerprint density at radius 1 is 1.12 bits per heavy atom. The van der Waals surface area contributed by atoms with Crippen LogP contribution in [-0.4, -0.2) is 26.2 Å². The molecule has 1 fully saturated rings. The van der Waals surface area contributed by atoms with Crippen LogP contribution < -0.4 is 10.6 Å². The molecule has 1 aliphatic rings. The van der Waals surface area contributed by atoms with Gasteiger partial charge in [0.15, 0.2) is 17.9 Å². The molecular weight excluding hydrogens is 349 g/mol. The average Bonchev–Trinajstić information content (AvgIpc) is 3.15. The van der Waals surface area contributed by atoms with E-state index < -0.39 is 35.3 Å². The highest BCUT2D eigenvalue weighted by atomic mass is 19.2. The van der Waals surface area contributed by atoms with Crippen LogP contribution in [0, 0.1) is 24.4 Å². The number of hydrogen-bond donors (Lipinski definition) is 2. The van der Waals surface area contributed by atoms with E-state index in [0.717, 1.165) is 6.07 Å². The summed E-state index contributed by atoms with van der Waals surface area (Å²) >= 11 is 0. The average molecular weight is 366 g/mol. The van der Waals surface area contributed by atoms with Gasteiger partial charge >= 0.3 is 0 Å². The van der Waals surface area contributed by atoms with Gasteiger partial charge < -0.3 is 20.1 Å². The number of hydrogen-bond acceptors (Lipinski definition) is 4. The largest absolute Gasteiger partial charge is 0.355 e. The number of benzene rings is 2. The number of carbonyl (C=O) groups excluding carboxylic acids is 1. The van der Waals surface area contributed by atoms with Crippen LogP contribution >= 0.6 is 0 Å². The molecule has 0 aromatic heterocycles. The van der Waals surface area contributed by atoms with E-state index in [1.54, 1.807) is 13.0 Å². The quantitative estimate of drug-likeness (QED) is 0.869. The summed E-state index contributed by atoms with van der Waals surface area (Å²) in [6.07, 6.45) is -1.10. The molecule has 0 saturated carbocycles. The van der Waals surface area contributed by atoms with Crippen LogP contribution in [-0.2, 0) is 9.47 Å². The van der Waals surface area contributed by atoms with Crippen molar-refractivity contribution in [3.63, 3.8) is 0 Å². The van der Waals surface area contributed by atoms with E-state index in [2.05, 4.69) is 10.6 Å². The number of carbonyl (C=O) groups is 1. The zero-order valence-corrected chi connectivity index (χ0v) is 14.2. The third kappa shape index (κ3) is 3.38. The Balaban J connectivity index is 2.10. The highest BCUT2D eigenvalue weighted by Gasteiger charge is 2.29. The lowest BCUT2D eigenvalue weighted by molar-refractivity contribution is -0.0468. The van der Waals surface area contributed by atoms with Crippen molar-refractivity contribution in [3.8, 4) is 0 Å². The number of halogens is 3. The van der Waals surface area contributed by atoms with Gasteiger partial charge in [0.05, 0.1) is 30.2 Å². The summed E-state index contributed by atoms with van der Waals surface area (Å²) in [5.41, 5.74) is -0.308. The van der Waals surface area contributed by atoms with Crippen molar-refractivity contribution in [3.05, 3.63) is 58.4 Å². The first-order valence-corrected chi connectivity index (χ1v) is 7.92. The fourth-order valence-corrected chi connectivity index (χ4v) is 2.65. The number of amides is 1. The number of anilines is 2. The maximum atomic E-state index is 14.7. The molecule has 2 aromatic carbocycles. The fraction of sp³-hybridized carbons (Fsp3) is 0.278. The van der Waals surface area contributed by atoms with Gasteiger partial charge in [-0.3, -0.25) is 4.79 Å². The fourth-order valence-electron chi connectivity index (χ4n) is 2.65. The second-order valence-corrected chi connectivity index (χ2v) is 5.78. The Bertz CT molecular complexity index is 852. The molecule has 0 radical (unpaired) electrons. The van der Waals surface area contributed by atoms with Gasteiger partial charge in [0, 0.05) is 12.6 Å². The zero-order valence-electron chi connectivity index (χ0n) is 14.2. The van der Waals surface area contributed by atoms with Gasteiger partial charge in [-0.25, -0.2) is 13.2 Å². The normalized spacial score (nSPS) is 14.5. The van der Waals surface area contributed by atoms with E-state index in [1.165, 1.54) is 19.2 Å². The van der Waals surface area contributed by atoms with E-state index >= 15 is 0 Å². The molecule has 3 rings (SSSR count). The Morgan fingerprint density at radius 3 is 2.42 bits per heavy atom. The van der Waals surface area contributed by atoms with Crippen molar-refractivity contribution in [2.45, 2.75) is 13.2 Å². The summed E-state index contributed by atoms with van der Waals surface area (Å²) in [5.74, 6) is -3.86. The van der Waals surface area contributed by atoms with Crippen LogP contribution in [0.5, 0.6) is 0 Å². The summed E-state index contributed by atoms with van der Waals surface area (Å²) in [4.78, 5) is 12.2. The van der Waals surface area contributed by atoms with Crippen molar-refractivity contribution in [1.82, 2.24) is 5.32 Å². The summed E-state index contributed by atoms with van der Waals surface area (Å²) in [6, 6.07) is 5.37. The molecule has 8 heteroatoms. The molecule has 0 bridgehead atoms. The molecule has 5 nitrogen and oxygen atoms in total. The van der Waals surface area contributed by atoms with Crippen LogP contribution in [0.3, 0.4) is 0 Å². The third-order valence-electron chi connectivity index (χ3n) is 3.97.